The lowest BCUT2D eigenvalue weighted by Crippen LogP contribution is -2.28. The van der Waals surface area contributed by atoms with Crippen LogP contribution in [0.25, 0.3) is 0 Å². The fourth-order valence-electron chi connectivity index (χ4n) is 3.16. The smallest absolute Gasteiger partial charge is 0.229 e. The van der Waals surface area contributed by atoms with Crippen molar-refractivity contribution < 1.29 is 19.1 Å². The van der Waals surface area contributed by atoms with Crippen LogP contribution < -0.4 is 19.7 Å². The van der Waals surface area contributed by atoms with Crippen LogP contribution in [0.1, 0.15) is 20.3 Å². The van der Waals surface area contributed by atoms with E-state index < -0.39 is 5.92 Å². The lowest BCUT2D eigenvalue weighted by Gasteiger charge is -2.18. The third-order valence-electron chi connectivity index (χ3n) is 4.45. The standard InChI is InChI=1S/C21H23ClN2O4/c1-3-27-18-10-9-15(12-19(18)28-4-2)23-21(26)14-11-20(25)24(13-14)17-8-6-5-7-16(17)22/h5-10,12,14H,3-4,11,13H2,1-2H3,(H,23,26). The second-order valence-electron chi connectivity index (χ2n) is 6.37. The Morgan fingerprint density at radius 1 is 1.14 bits per heavy atom. The molecule has 1 atom stereocenters. The molecule has 7 heteroatoms. The summed E-state index contributed by atoms with van der Waals surface area (Å²) in [5.41, 5.74) is 1.23. The second kappa shape index (κ2) is 8.97. The van der Waals surface area contributed by atoms with Crippen LogP contribution in [0.4, 0.5) is 11.4 Å². The Bertz CT molecular complexity index is 871. The van der Waals surface area contributed by atoms with E-state index in [0.717, 1.165) is 0 Å². The molecule has 3 rings (SSSR count). The largest absolute Gasteiger partial charge is 0.490 e. The third-order valence-corrected chi connectivity index (χ3v) is 4.77. The number of rotatable bonds is 7. The minimum absolute atomic E-state index is 0.116. The van der Waals surface area contributed by atoms with E-state index in [0.29, 0.717) is 47.7 Å². The number of nitrogens with zero attached hydrogens (tertiary/aromatic N) is 1. The van der Waals surface area contributed by atoms with E-state index in [1.807, 2.05) is 19.9 Å². The molecule has 0 aromatic heterocycles. The summed E-state index contributed by atoms with van der Waals surface area (Å²) in [5.74, 6) is 0.418. The molecule has 6 nitrogen and oxygen atoms in total. The van der Waals surface area contributed by atoms with Crippen LogP contribution in [0.15, 0.2) is 42.5 Å². The summed E-state index contributed by atoms with van der Waals surface area (Å²) >= 11 is 6.19. The number of hydrogen-bond donors (Lipinski definition) is 1. The molecule has 1 saturated heterocycles. The van der Waals surface area contributed by atoms with Gasteiger partial charge in [-0.2, -0.15) is 0 Å². The number of anilines is 2. The van der Waals surface area contributed by atoms with E-state index in [1.54, 1.807) is 41.3 Å². The van der Waals surface area contributed by atoms with Gasteiger partial charge in [0.25, 0.3) is 0 Å². The molecule has 2 amide bonds. The maximum Gasteiger partial charge on any atom is 0.229 e. The number of para-hydroxylation sites is 1. The number of hydrogen-bond acceptors (Lipinski definition) is 4. The first kappa shape index (κ1) is 20.0. The SMILES string of the molecule is CCOc1ccc(NC(=O)C2CC(=O)N(c3ccccc3Cl)C2)cc1OCC. The Balaban J connectivity index is 1.71. The van der Waals surface area contributed by atoms with E-state index in [9.17, 15) is 9.59 Å². The first-order chi connectivity index (χ1) is 13.5. The fourth-order valence-corrected chi connectivity index (χ4v) is 3.40. The van der Waals surface area contributed by atoms with Gasteiger partial charge in [0.05, 0.1) is 29.8 Å². The van der Waals surface area contributed by atoms with Crippen LogP contribution in [0.3, 0.4) is 0 Å². The van der Waals surface area contributed by atoms with E-state index in [-0.39, 0.29) is 18.2 Å². The average molecular weight is 403 g/mol. The van der Waals surface area contributed by atoms with Gasteiger partial charge in [0.1, 0.15) is 0 Å². The molecule has 1 fully saturated rings. The van der Waals surface area contributed by atoms with Crippen LogP contribution >= 0.6 is 11.6 Å². The monoisotopic (exact) mass is 402 g/mol. The third kappa shape index (κ3) is 4.39. The summed E-state index contributed by atoms with van der Waals surface area (Å²) in [6.07, 6.45) is 0.145. The Morgan fingerprint density at radius 2 is 1.86 bits per heavy atom. The number of ether oxygens (including phenoxy) is 2. The molecular formula is C21H23ClN2O4. The molecule has 0 aliphatic carbocycles. The molecular weight excluding hydrogens is 380 g/mol. The Kier molecular flexibility index (Phi) is 6.41. The van der Waals surface area contributed by atoms with Crippen molar-refractivity contribution in [2.24, 2.45) is 5.92 Å². The molecule has 2 aromatic carbocycles. The molecule has 0 saturated carbocycles. The number of amides is 2. The summed E-state index contributed by atoms with van der Waals surface area (Å²) in [6.45, 7) is 5.08. The molecule has 1 unspecified atom stereocenters. The Labute approximate surface area is 169 Å². The van der Waals surface area contributed by atoms with Crippen molar-refractivity contribution in [1.82, 2.24) is 0 Å². The molecule has 1 aliphatic heterocycles. The van der Waals surface area contributed by atoms with Crippen molar-refractivity contribution in [3.8, 4) is 11.5 Å². The summed E-state index contributed by atoms with van der Waals surface area (Å²) in [7, 11) is 0. The van der Waals surface area contributed by atoms with Crippen LogP contribution in [0.2, 0.25) is 5.02 Å². The average Bonchev–Trinajstić information content (AvgIpc) is 3.06. The van der Waals surface area contributed by atoms with E-state index >= 15 is 0 Å². The molecule has 1 aliphatic rings. The maximum atomic E-state index is 12.7. The van der Waals surface area contributed by atoms with Crippen molar-refractivity contribution in [3.05, 3.63) is 47.5 Å². The van der Waals surface area contributed by atoms with Crippen molar-refractivity contribution >= 4 is 34.8 Å². The lowest BCUT2D eigenvalue weighted by molar-refractivity contribution is -0.122. The number of halogens is 1. The highest BCUT2D eigenvalue weighted by molar-refractivity contribution is 6.33. The van der Waals surface area contributed by atoms with Crippen LogP contribution in [0.5, 0.6) is 11.5 Å². The van der Waals surface area contributed by atoms with Gasteiger partial charge in [0.15, 0.2) is 11.5 Å². The summed E-state index contributed by atoms with van der Waals surface area (Å²) < 4.78 is 11.1. The molecule has 1 N–H and O–H groups in total. The minimum Gasteiger partial charge on any atom is -0.490 e. The predicted octanol–water partition coefficient (Wildman–Crippen LogP) is 4.13. The molecule has 2 aromatic rings. The summed E-state index contributed by atoms with van der Waals surface area (Å²) in [5, 5.41) is 3.36. The highest BCUT2D eigenvalue weighted by atomic mass is 35.5. The van der Waals surface area contributed by atoms with Gasteiger partial charge >= 0.3 is 0 Å². The zero-order valence-corrected chi connectivity index (χ0v) is 16.7. The Hall–Kier alpha value is -2.73. The normalized spacial score (nSPS) is 16.2. The zero-order chi connectivity index (χ0) is 20.1. The highest BCUT2D eigenvalue weighted by Gasteiger charge is 2.35. The van der Waals surface area contributed by atoms with Crippen molar-refractivity contribution in [2.75, 3.05) is 30.0 Å². The topological polar surface area (TPSA) is 67.9 Å². The number of carbonyl (C=O) groups is 2. The first-order valence-corrected chi connectivity index (χ1v) is 9.66. The first-order valence-electron chi connectivity index (χ1n) is 9.28. The minimum atomic E-state index is -0.453. The highest BCUT2D eigenvalue weighted by Crippen LogP contribution is 2.33. The van der Waals surface area contributed by atoms with E-state index in [4.69, 9.17) is 21.1 Å². The van der Waals surface area contributed by atoms with Gasteiger partial charge in [-0.15, -0.1) is 0 Å². The van der Waals surface area contributed by atoms with Crippen LogP contribution in [-0.2, 0) is 9.59 Å². The predicted molar refractivity (Wildman–Crippen MR) is 109 cm³/mol. The molecule has 1 heterocycles. The van der Waals surface area contributed by atoms with Gasteiger partial charge in [-0.3, -0.25) is 9.59 Å². The molecule has 0 bridgehead atoms. The van der Waals surface area contributed by atoms with Crippen LogP contribution in [0, 0.1) is 5.92 Å². The summed E-state index contributed by atoms with van der Waals surface area (Å²) in [4.78, 5) is 26.7. The number of carbonyl (C=O) groups excluding carboxylic acids is 2. The molecule has 0 radical (unpaired) electrons. The maximum absolute atomic E-state index is 12.7. The second-order valence-corrected chi connectivity index (χ2v) is 6.78. The quantitative estimate of drug-likeness (QED) is 0.756. The molecule has 0 spiro atoms. The molecule has 148 valence electrons. The van der Waals surface area contributed by atoms with Gasteiger partial charge < -0.3 is 19.7 Å². The van der Waals surface area contributed by atoms with Gasteiger partial charge in [-0.05, 0) is 38.1 Å². The van der Waals surface area contributed by atoms with Gasteiger partial charge in [-0.25, -0.2) is 0 Å². The van der Waals surface area contributed by atoms with E-state index in [1.165, 1.54) is 0 Å². The van der Waals surface area contributed by atoms with Crippen LogP contribution in [-0.4, -0.2) is 31.6 Å². The lowest BCUT2D eigenvalue weighted by atomic mass is 10.1. The van der Waals surface area contributed by atoms with Gasteiger partial charge in [0.2, 0.25) is 11.8 Å². The van der Waals surface area contributed by atoms with Gasteiger partial charge in [-0.1, -0.05) is 23.7 Å². The van der Waals surface area contributed by atoms with Crippen molar-refractivity contribution in [2.45, 2.75) is 20.3 Å². The van der Waals surface area contributed by atoms with Crippen molar-refractivity contribution in [1.29, 1.82) is 0 Å². The summed E-state index contributed by atoms with van der Waals surface area (Å²) in [6, 6.07) is 12.4. The molecule has 28 heavy (non-hydrogen) atoms. The number of benzene rings is 2. The Morgan fingerprint density at radius 3 is 2.57 bits per heavy atom. The van der Waals surface area contributed by atoms with E-state index in [2.05, 4.69) is 5.32 Å². The van der Waals surface area contributed by atoms with Gasteiger partial charge in [0, 0.05) is 24.7 Å². The fraction of sp³-hybridized carbons (Fsp3) is 0.333. The zero-order valence-electron chi connectivity index (χ0n) is 15.9. The van der Waals surface area contributed by atoms with Crippen molar-refractivity contribution in [3.63, 3.8) is 0 Å². The number of nitrogens with one attached hydrogen (secondary N) is 1.